The highest BCUT2D eigenvalue weighted by atomic mass is 35.5. The van der Waals surface area contributed by atoms with Crippen LogP contribution in [0.2, 0.25) is 5.02 Å². The van der Waals surface area contributed by atoms with Crippen molar-refractivity contribution in [2.75, 3.05) is 5.32 Å². The van der Waals surface area contributed by atoms with Gasteiger partial charge in [-0.15, -0.1) is 0 Å². The number of benzene rings is 2. The van der Waals surface area contributed by atoms with Gasteiger partial charge in [0.25, 0.3) is 0 Å². The molecule has 4 rings (SSSR count). The largest absolute Gasteiger partial charge is 0.506 e. The molecule has 1 aromatic heterocycles. The normalized spacial score (nSPS) is 16.4. The monoisotopic (exact) mass is 353 g/mol. The molecule has 6 heteroatoms. The van der Waals surface area contributed by atoms with Gasteiger partial charge in [-0.1, -0.05) is 48.0 Å². The van der Waals surface area contributed by atoms with E-state index < -0.39 is 0 Å². The molecule has 0 spiro atoms. The molecule has 1 amide bonds. The maximum absolute atomic E-state index is 12.2. The zero-order valence-corrected chi connectivity index (χ0v) is 14.1. The van der Waals surface area contributed by atoms with E-state index in [1.807, 2.05) is 30.3 Å². The Hall–Kier alpha value is -2.79. The second-order valence-corrected chi connectivity index (χ2v) is 6.51. The zero-order valence-electron chi connectivity index (χ0n) is 13.3. The molecule has 1 atom stereocenters. The average Bonchev–Trinajstić information content (AvgIpc) is 3.00. The van der Waals surface area contributed by atoms with Crippen molar-refractivity contribution in [3.63, 3.8) is 0 Å². The van der Waals surface area contributed by atoms with Crippen LogP contribution in [-0.2, 0) is 11.3 Å². The van der Waals surface area contributed by atoms with E-state index in [-0.39, 0.29) is 22.6 Å². The molecular weight excluding hydrogens is 338 g/mol. The second-order valence-electron chi connectivity index (χ2n) is 6.11. The van der Waals surface area contributed by atoms with Crippen LogP contribution < -0.4 is 5.32 Å². The molecule has 3 aromatic rings. The first-order valence-corrected chi connectivity index (χ1v) is 8.37. The van der Waals surface area contributed by atoms with E-state index >= 15 is 0 Å². The van der Waals surface area contributed by atoms with Crippen molar-refractivity contribution < 1.29 is 9.90 Å². The smallest absolute Gasteiger partial charge is 0.226 e. The highest BCUT2D eigenvalue weighted by Gasteiger charge is 2.30. The molecule has 0 fully saturated rings. The molecule has 126 valence electrons. The van der Waals surface area contributed by atoms with Gasteiger partial charge in [-0.3, -0.25) is 4.79 Å². The molecule has 0 radical (unpaired) electrons. The Kier molecular flexibility index (Phi) is 3.93. The molecule has 1 aliphatic rings. The standard InChI is InChI=1S/C19H16ClN3O2/c20-16-8-13(6-7-17(16)24)14-9-18(25)22-19-15(14)10-21-23(19)11-12-4-2-1-3-5-12/h1-8,10,14,24H,9,11H2,(H,22,25). The lowest BCUT2D eigenvalue weighted by atomic mass is 9.87. The third kappa shape index (κ3) is 2.98. The molecule has 0 aliphatic carbocycles. The Morgan fingerprint density at radius 1 is 1.24 bits per heavy atom. The number of rotatable bonds is 3. The van der Waals surface area contributed by atoms with Gasteiger partial charge in [-0.05, 0) is 23.3 Å². The molecule has 0 bridgehead atoms. The summed E-state index contributed by atoms with van der Waals surface area (Å²) in [5, 5.41) is 17.3. The quantitative estimate of drug-likeness (QED) is 0.753. The summed E-state index contributed by atoms with van der Waals surface area (Å²) in [6.45, 7) is 0.583. The van der Waals surface area contributed by atoms with Gasteiger partial charge in [0.05, 0.1) is 17.8 Å². The third-order valence-corrected chi connectivity index (χ3v) is 4.74. The molecule has 25 heavy (non-hydrogen) atoms. The summed E-state index contributed by atoms with van der Waals surface area (Å²) >= 11 is 6.04. The topological polar surface area (TPSA) is 67.1 Å². The van der Waals surface area contributed by atoms with Gasteiger partial charge in [-0.2, -0.15) is 5.10 Å². The fourth-order valence-electron chi connectivity index (χ4n) is 3.18. The number of halogens is 1. The van der Waals surface area contributed by atoms with Crippen LogP contribution in [0.15, 0.2) is 54.7 Å². The van der Waals surface area contributed by atoms with Crippen LogP contribution in [0.1, 0.15) is 29.0 Å². The number of carbonyl (C=O) groups excluding carboxylic acids is 1. The maximum atomic E-state index is 12.2. The fraction of sp³-hybridized carbons (Fsp3) is 0.158. The van der Waals surface area contributed by atoms with Crippen LogP contribution in [0.4, 0.5) is 5.82 Å². The summed E-state index contributed by atoms with van der Waals surface area (Å²) in [7, 11) is 0. The lowest BCUT2D eigenvalue weighted by molar-refractivity contribution is -0.116. The van der Waals surface area contributed by atoms with Gasteiger partial charge < -0.3 is 10.4 Å². The maximum Gasteiger partial charge on any atom is 0.226 e. The fourth-order valence-corrected chi connectivity index (χ4v) is 3.37. The number of aromatic nitrogens is 2. The minimum atomic E-state index is -0.133. The average molecular weight is 354 g/mol. The number of phenols is 1. The first-order chi connectivity index (χ1) is 12.1. The Labute approximate surface area is 149 Å². The Morgan fingerprint density at radius 3 is 2.80 bits per heavy atom. The van der Waals surface area contributed by atoms with E-state index in [9.17, 15) is 9.90 Å². The summed E-state index contributed by atoms with van der Waals surface area (Å²) in [5.41, 5.74) is 2.95. The number of fused-ring (bicyclic) bond motifs is 1. The van der Waals surface area contributed by atoms with E-state index in [0.29, 0.717) is 18.8 Å². The van der Waals surface area contributed by atoms with E-state index in [4.69, 9.17) is 11.6 Å². The van der Waals surface area contributed by atoms with Gasteiger partial charge in [0.1, 0.15) is 11.6 Å². The van der Waals surface area contributed by atoms with Crippen LogP contribution in [0.5, 0.6) is 5.75 Å². The summed E-state index contributed by atoms with van der Waals surface area (Å²) in [6, 6.07) is 15.0. The van der Waals surface area contributed by atoms with Crippen molar-refractivity contribution in [3.05, 3.63) is 76.4 Å². The van der Waals surface area contributed by atoms with Crippen molar-refractivity contribution in [2.45, 2.75) is 18.9 Å². The van der Waals surface area contributed by atoms with Gasteiger partial charge in [0.15, 0.2) is 0 Å². The lowest BCUT2D eigenvalue weighted by Gasteiger charge is -2.24. The summed E-state index contributed by atoms with van der Waals surface area (Å²) < 4.78 is 1.80. The SMILES string of the molecule is O=C1CC(c2ccc(O)c(Cl)c2)c2cnn(Cc3ccccc3)c2N1. The number of hydrogen-bond acceptors (Lipinski definition) is 3. The molecular formula is C19H16ClN3O2. The van der Waals surface area contributed by atoms with Gasteiger partial charge >= 0.3 is 0 Å². The van der Waals surface area contributed by atoms with Crippen LogP contribution in [0, 0.1) is 0 Å². The number of amides is 1. The molecule has 5 nitrogen and oxygen atoms in total. The lowest BCUT2D eigenvalue weighted by Crippen LogP contribution is -2.25. The van der Waals surface area contributed by atoms with E-state index in [1.165, 1.54) is 0 Å². The van der Waals surface area contributed by atoms with Crippen LogP contribution in [0.3, 0.4) is 0 Å². The molecule has 2 heterocycles. The number of aromatic hydroxyl groups is 1. The highest BCUT2D eigenvalue weighted by Crippen LogP contribution is 2.39. The molecule has 2 N–H and O–H groups in total. The first-order valence-electron chi connectivity index (χ1n) is 7.99. The molecule has 2 aromatic carbocycles. The number of phenolic OH excluding ortho intramolecular Hbond substituents is 1. The van der Waals surface area contributed by atoms with E-state index in [2.05, 4.69) is 10.4 Å². The van der Waals surface area contributed by atoms with E-state index in [0.717, 1.165) is 16.7 Å². The first kappa shape index (κ1) is 15.7. The van der Waals surface area contributed by atoms with Crippen molar-refractivity contribution in [1.82, 2.24) is 9.78 Å². The Balaban J connectivity index is 1.72. The Bertz CT molecular complexity index is 937. The van der Waals surface area contributed by atoms with Gasteiger partial charge in [0.2, 0.25) is 5.91 Å². The molecule has 1 unspecified atom stereocenters. The summed E-state index contributed by atoms with van der Waals surface area (Å²) in [5.74, 6) is 0.558. The summed E-state index contributed by atoms with van der Waals surface area (Å²) in [4.78, 5) is 12.2. The van der Waals surface area contributed by atoms with Crippen molar-refractivity contribution in [3.8, 4) is 5.75 Å². The van der Waals surface area contributed by atoms with Crippen molar-refractivity contribution in [1.29, 1.82) is 0 Å². The van der Waals surface area contributed by atoms with Gasteiger partial charge in [-0.25, -0.2) is 4.68 Å². The number of anilines is 1. The van der Waals surface area contributed by atoms with Crippen molar-refractivity contribution in [2.24, 2.45) is 0 Å². The number of nitrogens with one attached hydrogen (secondary N) is 1. The molecule has 1 aliphatic heterocycles. The minimum absolute atomic E-state index is 0.0330. The number of hydrogen-bond donors (Lipinski definition) is 2. The van der Waals surface area contributed by atoms with Crippen LogP contribution in [-0.4, -0.2) is 20.8 Å². The van der Waals surface area contributed by atoms with Crippen LogP contribution in [0.25, 0.3) is 0 Å². The highest BCUT2D eigenvalue weighted by molar-refractivity contribution is 6.32. The predicted octanol–water partition coefficient (Wildman–Crippen LogP) is 3.76. The van der Waals surface area contributed by atoms with Crippen molar-refractivity contribution >= 4 is 23.3 Å². The number of nitrogens with zero attached hydrogens (tertiary/aromatic N) is 2. The minimum Gasteiger partial charge on any atom is -0.506 e. The van der Waals surface area contributed by atoms with Crippen LogP contribution >= 0.6 is 11.6 Å². The predicted molar refractivity (Wildman–Crippen MR) is 96.0 cm³/mol. The third-order valence-electron chi connectivity index (χ3n) is 4.44. The summed E-state index contributed by atoms with van der Waals surface area (Å²) in [6.07, 6.45) is 2.12. The van der Waals surface area contributed by atoms with Gasteiger partial charge in [0, 0.05) is 17.9 Å². The Morgan fingerprint density at radius 2 is 2.04 bits per heavy atom. The number of carbonyl (C=O) groups is 1. The zero-order chi connectivity index (χ0) is 17.4. The van der Waals surface area contributed by atoms with E-state index in [1.54, 1.807) is 29.1 Å². The molecule has 0 saturated carbocycles. The molecule has 0 saturated heterocycles. The second kappa shape index (κ2) is 6.26.